The van der Waals surface area contributed by atoms with Crippen LogP contribution in [0.25, 0.3) is 0 Å². The summed E-state index contributed by atoms with van der Waals surface area (Å²) in [6, 6.07) is 7.76. The minimum atomic E-state index is -0.317. The van der Waals surface area contributed by atoms with Crippen molar-refractivity contribution in [2.75, 3.05) is 67.0 Å². The van der Waals surface area contributed by atoms with Gasteiger partial charge in [0.1, 0.15) is 0 Å². The molecule has 0 radical (unpaired) electrons. The largest absolute Gasteiger partial charge is 0.525 e. The standard InChI is InChI=1S/C14H27N2O6.C8H10O2S.C2H6.Fm/c1-3-4-22-14(18)10-15-9-13(16-12-17)11-21-8-7-20-6-5-19-2;1-7-3-5-8(6-4-7)11-10-9-2;1-2;/h13,15H,3-11H2,1-2H3,(H,16,17);3-6H,1-2H3;1-2H3;/q-1;;;. The molecule has 12 heteroatoms. The number of hydrogen-bond donors (Lipinski definition) is 2. The third-order valence-corrected chi connectivity index (χ3v) is 4.40. The number of nitrogens with one attached hydrogen (secondary N) is 2. The van der Waals surface area contributed by atoms with E-state index in [0.717, 1.165) is 11.3 Å². The molecule has 1 atom stereocenters. The van der Waals surface area contributed by atoms with Gasteiger partial charge in [-0.15, -0.1) is 0 Å². The molecule has 0 aliphatic rings. The topological polar surface area (TPSA) is 114 Å². The number of esters is 1. The van der Waals surface area contributed by atoms with E-state index in [2.05, 4.69) is 19.9 Å². The molecule has 1 aromatic carbocycles. The van der Waals surface area contributed by atoms with E-state index in [1.807, 2.05) is 52.0 Å². The van der Waals surface area contributed by atoms with Crippen molar-refractivity contribution < 1.29 is 37.8 Å². The van der Waals surface area contributed by atoms with Gasteiger partial charge in [0.25, 0.3) is 0 Å². The van der Waals surface area contributed by atoms with E-state index in [9.17, 15) is 9.59 Å². The van der Waals surface area contributed by atoms with Gasteiger partial charge in [0.15, 0.2) is 0 Å². The molecule has 0 fully saturated rings. The van der Waals surface area contributed by atoms with Gasteiger partial charge >= 0.3 is 5.97 Å². The summed E-state index contributed by atoms with van der Waals surface area (Å²) in [4.78, 5) is 27.2. The molecule has 1 amide bonds. The van der Waals surface area contributed by atoms with E-state index in [1.165, 1.54) is 24.7 Å². The summed E-state index contributed by atoms with van der Waals surface area (Å²) in [5, 5.41) is 5.41. The molecule has 216 valence electrons. The van der Waals surface area contributed by atoms with Crippen LogP contribution in [0.4, 0.5) is 0 Å². The van der Waals surface area contributed by atoms with Gasteiger partial charge in [0.2, 0.25) is 0 Å². The molecular formula is C24H43FmN2O8S-. The van der Waals surface area contributed by atoms with Crippen LogP contribution in [0.1, 0.15) is 32.8 Å². The Bertz CT molecular complexity index is 600. The zero-order chi connectivity index (χ0) is 26.6. The summed E-state index contributed by atoms with van der Waals surface area (Å²) < 4.78 is 25.1. The SMILES string of the molecule is CC.CCCOC(=O)CNCC(COCCOCCOC)N[C-]=O.COOSc1ccc(C)cc1.[Fm]. The zero-order valence-electron chi connectivity index (χ0n) is 22.2. The molecule has 0 aromatic heterocycles. The predicted molar refractivity (Wildman–Crippen MR) is 137 cm³/mol. The van der Waals surface area contributed by atoms with E-state index in [4.69, 9.17) is 18.9 Å². The van der Waals surface area contributed by atoms with Gasteiger partial charge < -0.3 is 34.4 Å². The summed E-state index contributed by atoms with van der Waals surface area (Å²) in [5.74, 6) is -0.317. The fourth-order valence-electron chi connectivity index (χ4n) is 2.11. The van der Waals surface area contributed by atoms with Crippen LogP contribution in [-0.4, -0.2) is 85.4 Å². The van der Waals surface area contributed by atoms with Crippen LogP contribution in [0.3, 0.4) is 0 Å². The first-order valence-electron chi connectivity index (χ1n) is 11.6. The number of ether oxygens (including phenoxy) is 4. The summed E-state index contributed by atoms with van der Waals surface area (Å²) >= 11 is 1.21. The minimum absolute atomic E-state index is 0. The molecule has 0 aliphatic heterocycles. The van der Waals surface area contributed by atoms with Crippen LogP contribution in [0, 0.1) is 6.92 Å². The van der Waals surface area contributed by atoms with Crippen molar-refractivity contribution in [2.45, 2.75) is 45.1 Å². The number of amides is 1. The summed E-state index contributed by atoms with van der Waals surface area (Å²) in [6.45, 7) is 11.1. The van der Waals surface area contributed by atoms with Crippen molar-refractivity contribution in [3.63, 3.8) is 0 Å². The Kier molecular flexibility index (Phi) is 31.8. The molecule has 0 bridgehead atoms. The van der Waals surface area contributed by atoms with Crippen molar-refractivity contribution in [3.8, 4) is 0 Å². The molecule has 0 saturated heterocycles. The number of carbonyl (C=O) groups excluding carboxylic acids is 2. The second kappa shape index (κ2) is 30.3. The van der Waals surface area contributed by atoms with Gasteiger partial charge in [-0.1, -0.05) is 38.5 Å². The van der Waals surface area contributed by atoms with E-state index >= 15 is 0 Å². The van der Waals surface area contributed by atoms with Crippen molar-refractivity contribution in [3.05, 3.63) is 29.8 Å². The normalized spacial score (nSPS) is 10.5. The number of carbonyl (C=O) groups is 1. The molecule has 1 unspecified atom stereocenters. The molecule has 36 heavy (non-hydrogen) atoms. The van der Waals surface area contributed by atoms with E-state index < -0.39 is 0 Å². The van der Waals surface area contributed by atoms with Crippen LogP contribution in [0.2, 0.25) is 0 Å². The molecule has 0 saturated carbocycles. The fourth-order valence-corrected chi connectivity index (χ4v) is 2.50. The third-order valence-electron chi connectivity index (χ3n) is 3.73. The molecular weight excluding hydrogens is 733 g/mol. The quantitative estimate of drug-likeness (QED) is 0.0414. The van der Waals surface area contributed by atoms with Crippen molar-refractivity contribution in [1.29, 1.82) is 0 Å². The number of rotatable bonds is 19. The first-order chi connectivity index (χ1) is 17.1. The van der Waals surface area contributed by atoms with Crippen LogP contribution in [-0.2, 0) is 37.8 Å². The molecule has 1 rings (SSSR count). The maximum absolute atomic E-state index is 11.3. The predicted octanol–water partition coefficient (Wildman–Crippen LogP) is 2.84. The van der Waals surface area contributed by atoms with Gasteiger partial charge in [0.05, 0.1) is 65.3 Å². The summed E-state index contributed by atoms with van der Waals surface area (Å²) in [5.41, 5.74) is 1.24. The number of aryl methyl sites for hydroxylation is 1. The Hall–Kier alpha value is -2.73. The number of benzene rings is 1. The average molecular weight is 777 g/mol. The van der Waals surface area contributed by atoms with Crippen molar-refractivity contribution in [1.82, 2.24) is 10.6 Å². The Balaban J connectivity index is -0.000000650. The Morgan fingerprint density at radius 2 is 1.67 bits per heavy atom. The van der Waals surface area contributed by atoms with Crippen LogP contribution in [0.15, 0.2) is 29.2 Å². The zero-order valence-corrected chi connectivity index (χ0v) is 25.4. The molecule has 10 nitrogen and oxygen atoms in total. The molecule has 2 N–H and O–H groups in total. The van der Waals surface area contributed by atoms with Crippen LogP contribution >= 0.6 is 12.0 Å². The fraction of sp³-hybridized carbons (Fsp3) is 0.667. The number of hydrogen-bond acceptors (Lipinski definition) is 10. The second-order valence-corrected chi connectivity index (χ2v) is 7.38. The molecule has 0 aliphatic carbocycles. The van der Waals surface area contributed by atoms with E-state index in [-0.39, 0.29) is 18.6 Å². The van der Waals surface area contributed by atoms with Crippen LogP contribution in [0.5, 0.6) is 0 Å². The first kappa shape index (κ1) is 37.8. The van der Waals surface area contributed by atoms with E-state index in [1.54, 1.807) is 13.5 Å². The maximum Gasteiger partial charge on any atom is 0.319 e. The average Bonchev–Trinajstić information content (AvgIpc) is 2.88. The summed E-state index contributed by atoms with van der Waals surface area (Å²) in [7, 11) is 3.10. The van der Waals surface area contributed by atoms with Gasteiger partial charge in [-0.3, -0.25) is 4.79 Å². The molecule has 1 aromatic rings. The van der Waals surface area contributed by atoms with Crippen molar-refractivity contribution in [2.24, 2.45) is 0 Å². The number of methoxy groups -OCH3 is 1. The molecule has 0 heterocycles. The Labute approximate surface area is 214 Å². The van der Waals surface area contributed by atoms with E-state index in [0.29, 0.717) is 46.2 Å². The second-order valence-electron chi connectivity index (χ2n) is 6.61. The monoisotopic (exact) mass is 776 g/mol. The maximum atomic E-state index is 11.3. The smallest absolute Gasteiger partial charge is 0.319 e. The Morgan fingerprint density at radius 1 is 1.03 bits per heavy atom. The van der Waals surface area contributed by atoms with Crippen molar-refractivity contribution >= 4 is 24.4 Å². The van der Waals surface area contributed by atoms with Gasteiger partial charge in [-0.2, -0.15) is 10.7 Å². The minimum Gasteiger partial charge on any atom is -0.525 e. The first-order valence-corrected chi connectivity index (χ1v) is 12.4. The molecule has 0 spiro atoms. The van der Waals surface area contributed by atoms with Gasteiger partial charge in [-0.25, -0.2) is 4.89 Å². The van der Waals surface area contributed by atoms with Crippen LogP contribution < -0.4 is 10.6 Å². The Morgan fingerprint density at radius 3 is 2.25 bits per heavy atom. The van der Waals surface area contributed by atoms with Gasteiger partial charge in [0, 0.05) is 24.6 Å². The summed E-state index contributed by atoms with van der Waals surface area (Å²) in [6.07, 6.45) is 2.41. The third kappa shape index (κ3) is 25.9. The van der Waals surface area contributed by atoms with Gasteiger partial charge in [-0.05, 0) is 25.5 Å².